The number of carbonyl (C=O) groups is 1. The van der Waals surface area contributed by atoms with Crippen molar-refractivity contribution < 1.29 is 9.42 Å². The molecule has 0 aliphatic rings. The van der Waals surface area contributed by atoms with E-state index in [-0.39, 0.29) is 24.1 Å². The van der Waals surface area contributed by atoms with Crippen molar-refractivity contribution in [2.75, 3.05) is 0 Å². The molecule has 0 amide bonds. The van der Waals surface area contributed by atoms with Crippen LogP contribution in [0.2, 0.25) is 0 Å². The van der Waals surface area contributed by atoms with Gasteiger partial charge in [-0.15, -0.1) is 12.4 Å². The molecular weight excluding hydrogens is 242 g/mol. The third-order valence-corrected chi connectivity index (χ3v) is 2.56. The van der Waals surface area contributed by atoms with Gasteiger partial charge in [0.15, 0.2) is 5.78 Å². The van der Waals surface area contributed by atoms with E-state index in [0.29, 0.717) is 16.6 Å². The summed E-state index contributed by atoms with van der Waals surface area (Å²) >= 11 is 0. The number of ketones is 1. The van der Waals surface area contributed by atoms with Crippen LogP contribution in [0.5, 0.6) is 0 Å². The van der Waals surface area contributed by atoms with Gasteiger partial charge in [0.25, 0.3) is 0 Å². The third kappa shape index (κ3) is 2.62. The minimum absolute atomic E-state index is 0. The number of carbonyl (C=O) groups excluding carboxylic acids is 1. The molecule has 17 heavy (non-hydrogen) atoms. The number of hydrogen-bond acceptors (Lipinski definition) is 5. The maximum absolute atomic E-state index is 11.9. The first kappa shape index (κ1) is 13.6. The zero-order chi connectivity index (χ0) is 11.7. The SMILES string of the molecule is CC(C)C(N)C(=O)c1ccc2nonc2c1.Cl. The summed E-state index contributed by atoms with van der Waals surface area (Å²) in [5.74, 6) is 0.0264. The summed E-state index contributed by atoms with van der Waals surface area (Å²) < 4.78 is 4.57. The highest BCUT2D eigenvalue weighted by atomic mass is 35.5. The fourth-order valence-electron chi connectivity index (χ4n) is 1.43. The monoisotopic (exact) mass is 255 g/mol. The Bertz CT molecular complexity index is 524. The van der Waals surface area contributed by atoms with E-state index in [0.717, 1.165) is 0 Å². The van der Waals surface area contributed by atoms with Gasteiger partial charge < -0.3 is 5.73 Å². The van der Waals surface area contributed by atoms with Crippen LogP contribution in [0.1, 0.15) is 24.2 Å². The first-order chi connectivity index (χ1) is 7.59. The minimum Gasteiger partial charge on any atom is -0.321 e. The standard InChI is InChI=1S/C11H13N3O2.ClH/c1-6(2)10(12)11(15)7-3-4-8-9(5-7)14-16-13-8;/h3-6,10H,12H2,1-2H3;1H. The second-order valence-corrected chi connectivity index (χ2v) is 4.10. The van der Waals surface area contributed by atoms with Crippen LogP contribution in [0.4, 0.5) is 0 Å². The van der Waals surface area contributed by atoms with E-state index in [4.69, 9.17) is 5.73 Å². The molecule has 0 saturated carbocycles. The van der Waals surface area contributed by atoms with Gasteiger partial charge in [-0.1, -0.05) is 13.8 Å². The Morgan fingerprint density at radius 2 is 1.94 bits per heavy atom. The van der Waals surface area contributed by atoms with Crippen LogP contribution in [0.15, 0.2) is 22.8 Å². The van der Waals surface area contributed by atoms with Crippen LogP contribution >= 0.6 is 12.4 Å². The van der Waals surface area contributed by atoms with Crippen molar-refractivity contribution >= 4 is 29.2 Å². The maximum Gasteiger partial charge on any atom is 0.179 e. The molecule has 1 atom stereocenters. The van der Waals surface area contributed by atoms with E-state index in [1.165, 1.54) is 0 Å². The van der Waals surface area contributed by atoms with E-state index in [2.05, 4.69) is 14.9 Å². The summed E-state index contributed by atoms with van der Waals surface area (Å²) in [6.07, 6.45) is 0. The second-order valence-electron chi connectivity index (χ2n) is 4.10. The van der Waals surface area contributed by atoms with E-state index in [1.807, 2.05) is 13.8 Å². The molecule has 1 aromatic carbocycles. The maximum atomic E-state index is 11.9. The number of aromatic nitrogens is 2. The quantitative estimate of drug-likeness (QED) is 0.846. The summed E-state index contributed by atoms with van der Waals surface area (Å²) in [5.41, 5.74) is 7.55. The molecule has 92 valence electrons. The highest BCUT2D eigenvalue weighted by Crippen LogP contribution is 2.14. The van der Waals surface area contributed by atoms with Crippen molar-refractivity contribution in [3.63, 3.8) is 0 Å². The number of halogens is 1. The Hall–Kier alpha value is -1.46. The molecule has 1 aromatic heterocycles. The molecule has 0 saturated heterocycles. The van der Waals surface area contributed by atoms with Gasteiger partial charge >= 0.3 is 0 Å². The van der Waals surface area contributed by atoms with Crippen molar-refractivity contribution in [1.29, 1.82) is 0 Å². The normalized spacial score (nSPS) is 12.5. The number of benzene rings is 1. The third-order valence-electron chi connectivity index (χ3n) is 2.56. The van der Waals surface area contributed by atoms with Gasteiger partial charge in [0.1, 0.15) is 11.0 Å². The zero-order valence-electron chi connectivity index (χ0n) is 9.58. The fourth-order valence-corrected chi connectivity index (χ4v) is 1.43. The molecule has 1 heterocycles. The Balaban J connectivity index is 0.00000144. The molecule has 1 unspecified atom stereocenters. The summed E-state index contributed by atoms with van der Waals surface area (Å²) in [7, 11) is 0. The molecule has 2 rings (SSSR count). The molecule has 0 radical (unpaired) electrons. The smallest absolute Gasteiger partial charge is 0.179 e. The molecule has 2 aromatic rings. The van der Waals surface area contributed by atoms with E-state index < -0.39 is 6.04 Å². The summed E-state index contributed by atoms with van der Waals surface area (Å²) in [6, 6.07) is 4.55. The van der Waals surface area contributed by atoms with Crippen molar-refractivity contribution in [3.05, 3.63) is 23.8 Å². The molecule has 6 heteroatoms. The van der Waals surface area contributed by atoms with E-state index in [9.17, 15) is 4.79 Å². The Morgan fingerprint density at radius 3 is 2.59 bits per heavy atom. The molecule has 5 nitrogen and oxygen atoms in total. The van der Waals surface area contributed by atoms with Crippen molar-refractivity contribution in [2.24, 2.45) is 11.7 Å². The number of fused-ring (bicyclic) bond motifs is 1. The number of nitrogens with zero attached hydrogens (tertiary/aromatic N) is 2. The lowest BCUT2D eigenvalue weighted by molar-refractivity contribution is 0.0940. The lowest BCUT2D eigenvalue weighted by atomic mass is 9.96. The zero-order valence-corrected chi connectivity index (χ0v) is 10.4. The highest BCUT2D eigenvalue weighted by molar-refractivity contribution is 6.02. The highest BCUT2D eigenvalue weighted by Gasteiger charge is 2.19. The molecule has 0 bridgehead atoms. The largest absolute Gasteiger partial charge is 0.321 e. The number of Topliss-reactive ketones (excluding diaryl/α,β-unsaturated/α-hetero) is 1. The molecule has 0 aliphatic heterocycles. The molecule has 0 aliphatic carbocycles. The fraction of sp³-hybridized carbons (Fsp3) is 0.364. The van der Waals surface area contributed by atoms with Crippen LogP contribution in [0.3, 0.4) is 0 Å². The first-order valence-electron chi connectivity index (χ1n) is 5.11. The van der Waals surface area contributed by atoms with Crippen molar-refractivity contribution in [2.45, 2.75) is 19.9 Å². The number of hydrogen-bond donors (Lipinski definition) is 1. The Labute approximate surface area is 105 Å². The van der Waals surface area contributed by atoms with Crippen LogP contribution in [0, 0.1) is 5.92 Å². The first-order valence-corrected chi connectivity index (χ1v) is 5.11. The molecule has 0 spiro atoms. The van der Waals surface area contributed by atoms with Crippen LogP contribution < -0.4 is 5.73 Å². The minimum atomic E-state index is -0.489. The van der Waals surface area contributed by atoms with Crippen molar-refractivity contribution in [1.82, 2.24) is 10.3 Å². The predicted molar refractivity (Wildman–Crippen MR) is 66.2 cm³/mol. The Morgan fingerprint density at radius 1 is 1.29 bits per heavy atom. The lowest BCUT2D eigenvalue weighted by Gasteiger charge is -2.13. The van der Waals surface area contributed by atoms with Gasteiger partial charge in [-0.2, -0.15) is 0 Å². The average Bonchev–Trinajstić information content (AvgIpc) is 2.73. The van der Waals surface area contributed by atoms with Gasteiger partial charge in [-0.3, -0.25) is 4.79 Å². The number of rotatable bonds is 3. The van der Waals surface area contributed by atoms with Crippen LogP contribution in [0.25, 0.3) is 11.0 Å². The lowest BCUT2D eigenvalue weighted by Crippen LogP contribution is -2.35. The Kier molecular flexibility index (Phi) is 4.20. The van der Waals surface area contributed by atoms with E-state index >= 15 is 0 Å². The van der Waals surface area contributed by atoms with Crippen molar-refractivity contribution in [3.8, 4) is 0 Å². The average molecular weight is 256 g/mol. The predicted octanol–water partition coefficient (Wildman–Crippen LogP) is 1.81. The summed E-state index contributed by atoms with van der Waals surface area (Å²) in [5, 5.41) is 7.36. The van der Waals surface area contributed by atoms with Gasteiger partial charge in [0, 0.05) is 5.56 Å². The van der Waals surface area contributed by atoms with Crippen LogP contribution in [-0.4, -0.2) is 22.1 Å². The summed E-state index contributed by atoms with van der Waals surface area (Å²) in [4.78, 5) is 11.9. The van der Waals surface area contributed by atoms with Crippen LogP contribution in [-0.2, 0) is 0 Å². The van der Waals surface area contributed by atoms with Gasteiger partial charge in [-0.05, 0) is 34.4 Å². The molecule has 0 fully saturated rings. The van der Waals surface area contributed by atoms with Gasteiger partial charge in [0.05, 0.1) is 6.04 Å². The van der Waals surface area contributed by atoms with E-state index in [1.54, 1.807) is 18.2 Å². The summed E-state index contributed by atoms with van der Waals surface area (Å²) in [6.45, 7) is 3.83. The van der Waals surface area contributed by atoms with Gasteiger partial charge in [0.2, 0.25) is 0 Å². The number of nitrogens with two attached hydrogens (primary N) is 1. The molecular formula is C11H14ClN3O2. The molecule has 2 N–H and O–H groups in total. The van der Waals surface area contributed by atoms with Gasteiger partial charge in [-0.25, -0.2) is 4.63 Å². The topological polar surface area (TPSA) is 82.0 Å². The second kappa shape index (κ2) is 5.25.